The molecule has 3 aliphatic heterocycles. The summed E-state index contributed by atoms with van der Waals surface area (Å²) in [5.74, 6) is 2.15. The molecule has 0 bridgehead atoms. The number of hydrogen-bond donors (Lipinski definition) is 4. The van der Waals surface area contributed by atoms with Crippen molar-refractivity contribution in [2.75, 3.05) is 18.0 Å². The highest BCUT2D eigenvalue weighted by molar-refractivity contribution is 5.78. The van der Waals surface area contributed by atoms with Crippen molar-refractivity contribution < 1.29 is 0 Å². The van der Waals surface area contributed by atoms with Crippen LogP contribution in [0.3, 0.4) is 0 Å². The van der Waals surface area contributed by atoms with E-state index in [2.05, 4.69) is 92.2 Å². The highest BCUT2D eigenvalue weighted by Gasteiger charge is 2.36. The van der Waals surface area contributed by atoms with Crippen molar-refractivity contribution in [2.45, 2.75) is 62.7 Å². The summed E-state index contributed by atoms with van der Waals surface area (Å²) in [6, 6.07) is 25.9. The topological polar surface area (TPSA) is 84.7 Å². The van der Waals surface area contributed by atoms with Gasteiger partial charge in [-0.15, -0.1) is 0 Å². The number of nitrogens with zero attached hydrogens (tertiary/aromatic N) is 3. The van der Waals surface area contributed by atoms with Crippen molar-refractivity contribution in [3.63, 3.8) is 0 Å². The zero-order valence-corrected chi connectivity index (χ0v) is 22.2. The Morgan fingerprint density at radius 3 is 1.64 bits per heavy atom. The van der Waals surface area contributed by atoms with Crippen LogP contribution in [-0.4, -0.2) is 33.0 Å². The van der Waals surface area contributed by atoms with Gasteiger partial charge in [-0.1, -0.05) is 30.3 Å². The first kappa shape index (κ1) is 23.2. The Labute approximate surface area is 228 Å². The minimum Gasteiger partial charge on any atom is -0.357 e. The van der Waals surface area contributed by atoms with Crippen molar-refractivity contribution in [2.24, 2.45) is 0 Å². The van der Waals surface area contributed by atoms with Crippen molar-refractivity contribution in [3.8, 4) is 0 Å². The predicted molar refractivity (Wildman–Crippen MR) is 156 cm³/mol. The van der Waals surface area contributed by atoms with Crippen LogP contribution in [0.4, 0.5) is 5.69 Å². The van der Waals surface area contributed by atoms with E-state index in [-0.39, 0.29) is 0 Å². The fourth-order valence-electron chi connectivity index (χ4n) is 7.10. The van der Waals surface area contributed by atoms with Crippen molar-refractivity contribution in [1.29, 1.82) is 0 Å². The Kier molecular flexibility index (Phi) is 5.66. The molecule has 5 aromatic rings. The monoisotopic (exact) mass is 517 g/mol. The molecule has 3 aliphatic rings. The van der Waals surface area contributed by atoms with Crippen LogP contribution in [-0.2, 0) is 0 Å². The highest BCUT2D eigenvalue weighted by Crippen LogP contribution is 2.47. The van der Waals surface area contributed by atoms with E-state index in [0.717, 1.165) is 72.5 Å². The normalized spacial score (nSPS) is 25.4. The maximum Gasteiger partial charge on any atom is 0.124 e. The Morgan fingerprint density at radius 1 is 0.615 bits per heavy atom. The second-order valence-corrected chi connectivity index (χ2v) is 11.4. The van der Waals surface area contributed by atoms with Gasteiger partial charge < -0.3 is 25.5 Å². The Bertz CT molecular complexity index is 1510. The molecule has 4 atom stereocenters. The summed E-state index contributed by atoms with van der Waals surface area (Å²) in [6.45, 7) is 2.15. The summed E-state index contributed by atoms with van der Waals surface area (Å²) >= 11 is 0. The van der Waals surface area contributed by atoms with Gasteiger partial charge >= 0.3 is 0 Å². The summed E-state index contributed by atoms with van der Waals surface area (Å²) < 4.78 is 0. The zero-order chi connectivity index (χ0) is 25.8. The van der Waals surface area contributed by atoms with Gasteiger partial charge in [0.2, 0.25) is 0 Å². The first-order valence-electron chi connectivity index (χ1n) is 14.6. The third-order valence-electron chi connectivity index (χ3n) is 9.04. The number of imidazole rings is 2. The quantitative estimate of drug-likeness (QED) is 0.218. The molecule has 5 heterocycles. The molecule has 3 aromatic carbocycles. The van der Waals surface area contributed by atoms with Gasteiger partial charge in [-0.3, -0.25) is 0 Å². The van der Waals surface area contributed by atoms with E-state index < -0.39 is 0 Å². The van der Waals surface area contributed by atoms with Crippen molar-refractivity contribution >= 4 is 27.8 Å². The number of benzene rings is 3. The number of nitrogens with one attached hydrogen (secondary N) is 4. The first-order chi connectivity index (χ1) is 19.3. The maximum atomic E-state index is 4.92. The Morgan fingerprint density at radius 2 is 1.15 bits per heavy atom. The smallest absolute Gasteiger partial charge is 0.124 e. The second-order valence-electron chi connectivity index (χ2n) is 11.4. The van der Waals surface area contributed by atoms with Crippen molar-refractivity contribution in [1.82, 2.24) is 30.6 Å². The van der Waals surface area contributed by atoms with Gasteiger partial charge in [0.05, 0.1) is 46.2 Å². The van der Waals surface area contributed by atoms with Gasteiger partial charge in [-0.2, -0.15) is 0 Å². The molecule has 8 rings (SSSR count). The lowest BCUT2D eigenvalue weighted by atomic mass is 10.0. The second kappa shape index (κ2) is 9.50. The molecule has 0 saturated carbocycles. The summed E-state index contributed by atoms with van der Waals surface area (Å²) in [7, 11) is 0. The largest absolute Gasteiger partial charge is 0.357 e. The van der Waals surface area contributed by atoms with Crippen LogP contribution in [0.5, 0.6) is 0 Å². The van der Waals surface area contributed by atoms with E-state index in [0.29, 0.717) is 24.2 Å². The van der Waals surface area contributed by atoms with Gasteiger partial charge in [-0.05, 0) is 99.1 Å². The molecule has 4 unspecified atom stereocenters. The van der Waals surface area contributed by atoms with Crippen LogP contribution in [0.15, 0.2) is 66.7 Å². The van der Waals surface area contributed by atoms with Gasteiger partial charge in [-0.25, -0.2) is 9.97 Å². The number of anilines is 1. The average molecular weight is 518 g/mol. The first-order valence-corrected chi connectivity index (χ1v) is 14.6. The number of hydrogen-bond acceptors (Lipinski definition) is 5. The molecule has 2 aromatic heterocycles. The van der Waals surface area contributed by atoms with E-state index >= 15 is 0 Å². The summed E-state index contributed by atoms with van der Waals surface area (Å²) in [5.41, 5.74) is 8.35. The molecule has 198 valence electrons. The van der Waals surface area contributed by atoms with Crippen LogP contribution < -0.4 is 15.5 Å². The third-order valence-corrected chi connectivity index (χ3v) is 9.04. The van der Waals surface area contributed by atoms with E-state index in [1.54, 1.807) is 0 Å². The lowest BCUT2D eigenvalue weighted by Crippen LogP contribution is -2.26. The summed E-state index contributed by atoms with van der Waals surface area (Å²) in [4.78, 5) is 19.7. The number of aromatic nitrogens is 4. The molecule has 0 aliphatic carbocycles. The number of aromatic amines is 2. The summed E-state index contributed by atoms with van der Waals surface area (Å²) in [5, 5.41) is 7.15. The Hall–Kier alpha value is -3.68. The van der Waals surface area contributed by atoms with E-state index in [1.807, 2.05) is 0 Å². The van der Waals surface area contributed by atoms with Gasteiger partial charge in [0.25, 0.3) is 0 Å². The lowest BCUT2D eigenvalue weighted by Gasteiger charge is -2.33. The van der Waals surface area contributed by atoms with E-state index in [4.69, 9.17) is 9.97 Å². The van der Waals surface area contributed by atoms with Crippen LogP contribution in [0.2, 0.25) is 0 Å². The van der Waals surface area contributed by atoms with Crippen molar-refractivity contribution in [3.05, 3.63) is 89.5 Å². The summed E-state index contributed by atoms with van der Waals surface area (Å²) in [6.07, 6.45) is 6.94. The maximum absolute atomic E-state index is 4.92. The van der Waals surface area contributed by atoms with Gasteiger partial charge in [0.15, 0.2) is 0 Å². The lowest BCUT2D eigenvalue weighted by molar-refractivity contribution is 0.614. The van der Waals surface area contributed by atoms with E-state index in [9.17, 15) is 0 Å². The van der Waals surface area contributed by atoms with E-state index in [1.165, 1.54) is 29.7 Å². The molecule has 0 amide bonds. The van der Waals surface area contributed by atoms with Crippen LogP contribution >= 0.6 is 0 Å². The van der Waals surface area contributed by atoms with Crippen LogP contribution in [0.1, 0.15) is 85.5 Å². The average Bonchev–Trinajstić information content (AvgIpc) is 3.80. The highest BCUT2D eigenvalue weighted by atomic mass is 15.2. The number of para-hydroxylation sites is 1. The minimum absolute atomic E-state index is 0.300. The SMILES string of the molecule is c1ccc(N2C(c3ccc4nc(C5CCCN5)[nH]c4c3)CCC2c2ccc3nc(C4CCCN4)[nH]c3c2)cc1. The van der Waals surface area contributed by atoms with Crippen LogP contribution in [0, 0.1) is 0 Å². The number of rotatable bonds is 5. The molecule has 3 saturated heterocycles. The molecule has 4 N–H and O–H groups in total. The zero-order valence-electron chi connectivity index (χ0n) is 22.2. The van der Waals surface area contributed by atoms with Gasteiger partial charge in [0, 0.05) is 5.69 Å². The molecule has 7 heteroatoms. The molecule has 0 spiro atoms. The molecule has 7 nitrogen and oxygen atoms in total. The molecule has 39 heavy (non-hydrogen) atoms. The standard InChI is InChI=1S/C32H35N7/c1-2-6-22(7-3-1)39-29(20-10-12-23-27(18-20)37-31(35-23)25-8-4-16-33-25)14-15-30(39)21-11-13-24-28(19-21)38-32(36-24)26-9-5-17-34-26/h1-3,6-7,10-13,18-19,25-26,29-30,33-34H,4-5,8-9,14-17H2,(H,35,37)(H,36,38). The minimum atomic E-state index is 0.300. The fraction of sp³-hybridized carbons (Fsp3) is 0.375. The molecular weight excluding hydrogens is 482 g/mol. The Balaban J connectivity index is 1.15. The fourth-order valence-corrected chi connectivity index (χ4v) is 7.10. The molecular formula is C32H35N7. The van der Waals surface area contributed by atoms with Crippen LogP contribution in [0.25, 0.3) is 22.1 Å². The number of H-pyrrole nitrogens is 2. The molecule has 0 radical (unpaired) electrons. The molecule has 3 fully saturated rings. The third kappa shape index (κ3) is 4.12. The predicted octanol–water partition coefficient (Wildman–Crippen LogP) is 6.37. The number of fused-ring (bicyclic) bond motifs is 2. The van der Waals surface area contributed by atoms with Gasteiger partial charge in [0.1, 0.15) is 11.6 Å².